The number of methoxy groups -OCH3 is 1. The summed E-state index contributed by atoms with van der Waals surface area (Å²) in [7, 11) is 1.55. The molecule has 0 heterocycles. The molecule has 0 aliphatic heterocycles. The van der Waals surface area contributed by atoms with Gasteiger partial charge in [-0.05, 0) is 31.0 Å². The van der Waals surface area contributed by atoms with Crippen molar-refractivity contribution >= 4 is 11.7 Å². The smallest absolute Gasteiger partial charge is 0.340 e. The molecule has 2 N–H and O–H groups in total. The van der Waals surface area contributed by atoms with Crippen LogP contribution in [0.25, 0.3) is 0 Å². The van der Waals surface area contributed by atoms with Crippen LogP contribution >= 0.6 is 0 Å². The molecule has 0 aromatic heterocycles. The molecule has 0 aliphatic carbocycles. The Hall–Kier alpha value is -1.55. The summed E-state index contributed by atoms with van der Waals surface area (Å²) in [5.41, 5.74) is 8.61. The number of nitrogens with two attached hydrogens (primary N) is 1. The second kappa shape index (κ2) is 5.51. The summed E-state index contributed by atoms with van der Waals surface area (Å²) in [6.45, 7) is 4.41. The Balaban J connectivity index is 2.82. The maximum absolute atomic E-state index is 11.7. The van der Waals surface area contributed by atoms with Crippen LogP contribution in [-0.4, -0.2) is 26.3 Å². The molecule has 1 aromatic carbocycles. The van der Waals surface area contributed by atoms with Crippen LogP contribution in [0.4, 0.5) is 5.69 Å². The lowest BCUT2D eigenvalue weighted by molar-refractivity contribution is 0.0389. The minimum atomic E-state index is -0.402. The largest absolute Gasteiger partial charge is 0.460 e. The average Bonchev–Trinajstić information content (AvgIpc) is 2.23. The van der Waals surface area contributed by atoms with Gasteiger partial charge in [-0.3, -0.25) is 0 Å². The summed E-state index contributed by atoms with van der Waals surface area (Å²) in [6.07, 6.45) is 0. The van der Waals surface area contributed by atoms with Gasteiger partial charge in [0.25, 0.3) is 0 Å². The Kier molecular flexibility index (Phi) is 4.31. The summed E-state index contributed by atoms with van der Waals surface area (Å²) in [5, 5.41) is 0. The number of ether oxygens (including phenoxy) is 2. The Labute approximate surface area is 95.3 Å². The maximum atomic E-state index is 11.7. The van der Waals surface area contributed by atoms with Crippen molar-refractivity contribution in [2.75, 3.05) is 26.1 Å². The standard InChI is InChI=1S/C12H17NO3/c1-8-6-9(2)11(13)10(7-8)12(14)16-5-4-15-3/h6-7H,4-5,13H2,1-3H3. The van der Waals surface area contributed by atoms with E-state index in [4.69, 9.17) is 15.2 Å². The Morgan fingerprint density at radius 3 is 2.62 bits per heavy atom. The summed E-state index contributed by atoms with van der Waals surface area (Å²) < 4.78 is 9.81. The van der Waals surface area contributed by atoms with E-state index in [1.807, 2.05) is 19.9 Å². The summed E-state index contributed by atoms with van der Waals surface area (Å²) in [5.74, 6) is -0.402. The van der Waals surface area contributed by atoms with Gasteiger partial charge in [0.1, 0.15) is 6.61 Å². The van der Waals surface area contributed by atoms with Crippen LogP contribution in [-0.2, 0) is 9.47 Å². The molecule has 0 atom stereocenters. The number of benzene rings is 1. The van der Waals surface area contributed by atoms with E-state index in [1.165, 1.54) is 0 Å². The molecule has 0 amide bonds. The number of rotatable bonds is 4. The predicted octanol–water partition coefficient (Wildman–Crippen LogP) is 1.69. The third-order valence-electron chi connectivity index (χ3n) is 2.27. The van der Waals surface area contributed by atoms with Gasteiger partial charge in [0.05, 0.1) is 12.2 Å². The first-order valence-corrected chi connectivity index (χ1v) is 5.09. The molecule has 4 nitrogen and oxygen atoms in total. The quantitative estimate of drug-likeness (QED) is 0.479. The fourth-order valence-corrected chi connectivity index (χ4v) is 1.44. The van der Waals surface area contributed by atoms with Gasteiger partial charge in [0.2, 0.25) is 0 Å². The van der Waals surface area contributed by atoms with Crippen molar-refractivity contribution in [3.05, 3.63) is 28.8 Å². The minimum absolute atomic E-state index is 0.238. The first kappa shape index (κ1) is 12.5. The number of esters is 1. The van der Waals surface area contributed by atoms with Crippen molar-refractivity contribution < 1.29 is 14.3 Å². The summed E-state index contributed by atoms with van der Waals surface area (Å²) in [6, 6.07) is 3.67. The van der Waals surface area contributed by atoms with Crippen LogP contribution in [0.2, 0.25) is 0 Å². The zero-order valence-electron chi connectivity index (χ0n) is 9.87. The molecule has 0 bridgehead atoms. The number of aryl methyl sites for hydroxylation is 2. The van der Waals surface area contributed by atoms with Crippen molar-refractivity contribution in [2.24, 2.45) is 0 Å². The summed E-state index contributed by atoms with van der Waals surface area (Å²) >= 11 is 0. The molecule has 0 radical (unpaired) electrons. The lowest BCUT2D eigenvalue weighted by Gasteiger charge is -2.09. The lowest BCUT2D eigenvalue weighted by Crippen LogP contribution is -2.12. The second-order valence-corrected chi connectivity index (χ2v) is 3.67. The van der Waals surface area contributed by atoms with E-state index in [9.17, 15) is 4.79 Å². The molecule has 0 fully saturated rings. The maximum Gasteiger partial charge on any atom is 0.340 e. The first-order chi connectivity index (χ1) is 7.56. The highest BCUT2D eigenvalue weighted by Crippen LogP contribution is 2.20. The van der Waals surface area contributed by atoms with E-state index in [1.54, 1.807) is 13.2 Å². The monoisotopic (exact) mass is 223 g/mol. The van der Waals surface area contributed by atoms with E-state index in [-0.39, 0.29) is 6.61 Å². The fraction of sp³-hybridized carbons (Fsp3) is 0.417. The zero-order valence-corrected chi connectivity index (χ0v) is 9.87. The SMILES string of the molecule is COCCOC(=O)c1cc(C)cc(C)c1N. The van der Waals surface area contributed by atoms with Gasteiger partial charge in [0, 0.05) is 12.8 Å². The number of carbonyl (C=O) groups excluding carboxylic acids is 1. The Morgan fingerprint density at radius 1 is 1.31 bits per heavy atom. The summed E-state index contributed by atoms with van der Waals surface area (Å²) in [4.78, 5) is 11.7. The van der Waals surface area contributed by atoms with Crippen LogP contribution in [0.5, 0.6) is 0 Å². The molecule has 16 heavy (non-hydrogen) atoms. The van der Waals surface area contributed by atoms with Gasteiger partial charge >= 0.3 is 5.97 Å². The van der Waals surface area contributed by atoms with Crippen molar-refractivity contribution in [3.8, 4) is 0 Å². The number of nitrogen functional groups attached to an aromatic ring is 1. The zero-order chi connectivity index (χ0) is 12.1. The molecule has 0 spiro atoms. The van der Waals surface area contributed by atoms with Gasteiger partial charge in [-0.1, -0.05) is 6.07 Å². The Bertz CT molecular complexity index is 388. The molecule has 1 aromatic rings. The first-order valence-electron chi connectivity index (χ1n) is 5.09. The van der Waals surface area contributed by atoms with Crippen molar-refractivity contribution in [1.29, 1.82) is 0 Å². The van der Waals surface area contributed by atoms with Gasteiger partial charge in [-0.15, -0.1) is 0 Å². The molecular formula is C12H17NO3. The van der Waals surface area contributed by atoms with Crippen LogP contribution in [0, 0.1) is 13.8 Å². The molecular weight excluding hydrogens is 206 g/mol. The van der Waals surface area contributed by atoms with Crippen LogP contribution < -0.4 is 5.73 Å². The highest BCUT2D eigenvalue weighted by Gasteiger charge is 2.13. The minimum Gasteiger partial charge on any atom is -0.460 e. The van der Waals surface area contributed by atoms with Crippen LogP contribution in [0.15, 0.2) is 12.1 Å². The predicted molar refractivity (Wildman–Crippen MR) is 62.5 cm³/mol. The number of carbonyl (C=O) groups is 1. The number of hydrogen-bond donors (Lipinski definition) is 1. The third kappa shape index (κ3) is 2.97. The van der Waals surface area contributed by atoms with Crippen LogP contribution in [0.1, 0.15) is 21.5 Å². The lowest BCUT2D eigenvalue weighted by atomic mass is 10.0. The third-order valence-corrected chi connectivity index (χ3v) is 2.27. The topological polar surface area (TPSA) is 61.5 Å². The number of hydrogen-bond acceptors (Lipinski definition) is 4. The van der Waals surface area contributed by atoms with Crippen molar-refractivity contribution in [2.45, 2.75) is 13.8 Å². The van der Waals surface area contributed by atoms with E-state index < -0.39 is 5.97 Å². The molecule has 0 unspecified atom stereocenters. The Morgan fingerprint density at radius 2 is 2.00 bits per heavy atom. The van der Waals surface area contributed by atoms with E-state index >= 15 is 0 Å². The van der Waals surface area contributed by atoms with E-state index in [0.29, 0.717) is 17.9 Å². The molecule has 0 saturated carbocycles. The van der Waals surface area contributed by atoms with Gasteiger partial charge < -0.3 is 15.2 Å². The fourth-order valence-electron chi connectivity index (χ4n) is 1.44. The average molecular weight is 223 g/mol. The van der Waals surface area contributed by atoms with Gasteiger partial charge in [-0.2, -0.15) is 0 Å². The van der Waals surface area contributed by atoms with Crippen LogP contribution in [0.3, 0.4) is 0 Å². The normalized spacial score (nSPS) is 10.2. The molecule has 4 heteroatoms. The molecule has 1 rings (SSSR count). The highest BCUT2D eigenvalue weighted by atomic mass is 16.6. The molecule has 0 saturated heterocycles. The van der Waals surface area contributed by atoms with E-state index in [0.717, 1.165) is 11.1 Å². The molecule has 88 valence electrons. The van der Waals surface area contributed by atoms with Crippen molar-refractivity contribution in [1.82, 2.24) is 0 Å². The van der Waals surface area contributed by atoms with Crippen molar-refractivity contribution in [3.63, 3.8) is 0 Å². The van der Waals surface area contributed by atoms with Gasteiger partial charge in [-0.25, -0.2) is 4.79 Å². The number of anilines is 1. The van der Waals surface area contributed by atoms with E-state index in [2.05, 4.69) is 0 Å². The second-order valence-electron chi connectivity index (χ2n) is 3.67. The highest BCUT2D eigenvalue weighted by molar-refractivity contribution is 5.96. The van der Waals surface area contributed by atoms with Gasteiger partial charge in [0.15, 0.2) is 0 Å². The molecule has 0 aliphatic rings.